The summed E-state index contributed by atoms with van der Waals surface area (Å²) in [5, 5.41) is 3.44. The normalized spacial score (nSPS) is 10.5. The lowest BCUT2D eigenvalue weighted by molar-refractivity contribution is 0.580. The van der Waals surface area contributed by atoms with Crippen molar-refractivity contribution in [2.24, 2.45) is 0 Å². The number of rotatable bonds is 4. The smallest absolute Gasteiger partial charge is 0.137 e. The van der Waals surface area contributed by atoms with Gasteiger partial charge in [-0.2, -0.15) is 0 Å². The second-order valence-electron chi connectivity index (χ2n) is 4.09. The molecule has 1 heterocycles. The minimum Gasteiger partial charge on any atom is -0.369 e. The minimum absolute atomic E-state index is 0.384. The highest BCUT2D eigenvalue weighted by atomic mass is 35.5. The lowest BCUT2D eigenvalue weighted by Crippen LogP contribution is -2.08. The third kappa shape index (κ3) is 3.61. The standard InChI is InChI=1S/C13H12ClF2N3/c1-8-12(14)18-7-19-13(8)17-3-2-9-4-10(15)6-11(16)5-9/h4-7H,2-3H2,1H3,(H,17,18,19). The molecule has 0 amide bonds. The molecule has 2 rings (SSSR count). The molecule has 1 aromatic carbocycles. The maximum absolute atomic E-state index is 13.0. The molecule has 0 atom stereocenters. The van der Waals surface area contributed by atoms with Gasteiger partial charge in [0.25, 0.3) is 0 Å². The molecule has 3 nitrogen and oxygen atoms in total. The summed E-state index contributed by atoms with van der Waals surface area (Å²) in [6, 6.07) is 3.47. The second kappa shape index (κ2) is 5.93. The number of hydrogen-bond acceptors (Lipinski definition) is 3. The molecule has 1 aromatic heterocycles. The van der Waals surface area contributed by atoms with E-state index in [1.807, 2.05) is 0 Å². The van der Waals surface area contributed by atoms with Crippen LogP contribution in [0, 0.1) is 18.6 Å². The Kier molecular flexibility index (Phi) is 4.27. The molecule has 0 aliphatic carbocycles. The number of halogens is 3. The average molecular weight is 284 g/mol. The molecule has 1 N–H and O–H groups in total. The van der Waals surface area contributed by atoms with Crippen LogP contribution in [0.25, 0.3) is 0 Å². The van der Waals surface area contributed by atoms with Crippen LogP contribution in [0.2, 0.25) is 5.15 Å². The predicted molar refractivity (Wildman–Crippen MR) is 70.3 cm³/mol. The van der Waals surface area contributed by atoms with Gasteiger partial charge in [-0.05, 0) is 31.0 Å². The Morgan fingerprint density at radius 2 is 1.84 bits per heavy atom. The summed E-state index contributed by atoms with van der Waals surface area (Å²) in [6.07, 6.45) is 1.84. The van der Waals surface area contributed by atoms with E-state index < -0.39 is 11.6 Å². The zero-order chi connectivity index (χ0) is 13.8. The molecule has 0 saturated heterocycles. The SMILES string of the molecule is Cc1c(Cl)ncnc1NCCc1cc(F)cc(F)c1. The van der Waals surface area contributed by atoms with Crippen LogP contribution in [0.3, 0.4) is 0 Å². The van der Waals surface area contributed by atoms with Crippen LogP contribution >= 0.6 is 11.6 Å². The molecule has 0 saturated carbocycles. The Morgan fingerprint density at radius 3 is 2.53 bits per heavy atom. The fraction of sp³-hybridized carbons (Fsp3) is 0.231. The summed E-state index contributed by atoms with van der Waals surface area (Å²) >= 11 is 5.86. The lowest BCUT2D eigenvalue weighted by atomic mass is 10.1. The number of nitrogens with one attached hydrogen (secondary N) is 1. The second-order valence-corrected chi connectivity index (χ2v) is 4.45. The molecule has 2 aromatic rings. The van der Waals surface area contributed by atoms with Crippen LogP contribution in [0.15, 0.2) is 24.5 Å². The van der Waals surface area contributed by atoms with E-state index in [4.69, 9.17) is 11.6 Å². The van der Waals surface area contributed by atoms with Crippen LogP contribution in [0.5, 0.6) is 0 Å². The minimum atomic E-state index is -0.573. The Morgan fingerprint density at radius 1 is 1.16 bits per heavy atom. The van der Waals surface area contributed by atoms with Gasteiger partial charge in [0, 0.05) is 18.2 Å². The van der Waals surface area contributed by atoms with Gasteiger partial charge >= 0.3 is 0 Å². The van der Waals surface area contributed by atoms with Crippen molar-refractivity contribution in [1.82, 2.24) is 9.97 Å². The van der Waals surface area contributed by atoms with Gasteiger partial charge in [0.05, 0.1) is 0 Å². The highest BCUT2D eigenvalue weighted by molar-refractivity contribution is 6.30. The van der Waals surface area contributed by atoms with Gasteiger partial charge in [-0.1, -0.05) is 11.6 Å². The van der Waals surface area contributed by atoms with Crippen molar-refractivity contribution in [1.29, 1.82) is 0 Å². The predicted octanol–water partition coefficient (Wildman–Crippen LogP) is 3.37. The van der Waals surface area contributed by atoms with Crippen LogP contribution in [0.1, 0.15) is 11.1 Å². The first-order valence-corrected chi connectivity index (χ1v) is 6.10. The van der Waals surface area contributed by atoms with Crippen molar-refractivity contribution in [3.8, 4) is 0 Å². The highest BCUT2D eigenvalue weighted by Crippen LogP contribution is 2.17. The third-order valence-electron chi connectivity index (χ3n) is 2.65. The van der Waals surface area contributed by atoms with Gasteiger partial charge in [0.2, 0.25) is 0 Å². The van der Waals surface area contributed by atoms with E-state index in [-0.39, 0.29) is 0 Å². The quantitative estimate of drug-likeness (QED) is 0.874. The summed E-state index contributed by atoms with van der Waals surface area (Å²) in [5.41, 5.74) is 1.33. The van der Waals surface area contributed by atoms with Crippen LogP contribution in [-0.2, 0) is 6.42 Å². The maximum atomic E-state index is 13.0. The highest BCUT2D eigenvalue weighted by Gasteiger charge is 2.05. The van der Waals surface area contributed by atoms with Crippen LogP contribution < -0.4 is 5.32 Å². The van der Waals surface area contributed by atoms with Gasteiger partial charge in [-0.25, -0.2) is 18.7 Å². The maximum Gasteiger partial charge on any atom is 0.137 e. The summed E-state index contributed by atoms with van der Waals surface area (Å²) in [4.78, 5) is 7.89. The molecule has 19 heavy (non-hydrogen) atoms. The zero-order valence-electron chi connectivity index (χ0n) is 10.3. The van der Waals surface area contributed by atoms with E-state index >= 15 is 0 Å². The number of nitrogens with zero attached hydrogens (tertiary/aromatic N) is 2. The summed E-state index contributed by atoms with van der Waals surface area (Å²) in [6.45, 7) is 2.30. The van der Waals surface area contributed by atoms with Crippen molar-refractivity contribution in [2.45, 2.75) is 13.3 Å². The summed E-state index contributed by atoms with van der Waals surface area (Å²) in [7, 11) is 0. The fourth-order valence-corrected chi connectivity index (χ4v) is 1.82. The molecular formula is C13H12ClF2N3. The van der Waals surface area contributed by atoms with Crippen LogP contribution in [0.4, 0.5) is 14.6 Å². The van der Waals surface area contributed by atoms with Crippen molar-refractivity contribution in [2.75, 3.05) is 11.9 Å². The Balaban J connectivity index is 1.98. The first-order valence-electron chi connectivity index (χ1n) is 5.72. The molecule has 0 aliphatic rings. The van der Waals surface area contributed by atoms with Gasteiger partial charge in [0.1, 0.15) is 28.9 Å². The fourth-order valence-electron chi connectivity index (χ4n) is 1.69. The van der Waals surface area contributed by atoms with Crippen molar-refractivity contribution >= 4 is 17.4 Å². The lowest BCUT2D eigenvalue weighted by Gasteiger charge is -2.08. The first kappa shape index (κ1) is 13.7. The molecule has 0 aliphatic heterocycles. The molecule has 0 spiro atoms. The Bertz CT molecular complexity index is 570. The van der Waals surface area contributed by atoms with E-state index in [0.717, 1.165) is 11.6 Å². The number of benzene rings is 1. The first-order chi connectivity index (χ1) is 9.06. The van der Waals surface area contributed by atoms with Crippen molar-refractivity contribution < 1.29 is 8.78 Å². The molecule has 0 bridgehead atoms. The number of hydrogen-bond donors (Lipinski definition) is 1. The average Bonchev–Trinajstić information content (AvgIpc) is 2.33. The summed E-state index contributed by atoms with van der Waals surface area (Å²) < 4.78 is 26.0. The van der Waals surface area contributed by atoms with E-state index in [1.165, 1.54) is 18.5 Å². The number of aromatic nitrogens is 2. The molecular weight excluding hydrogens is 272 g/mol. The van der Waals surface area contributed by atoms with E-state index in [2.05, 4.69) is 15.3 Å². The topological polar surface area (TPSA) is 37.8 Å². The number of anilines is 1. The van der Waals surface area contributed by atoms with Gasteiger partial charge < -0.3 is 5.32 Å². The monoisotopic (exact) mass is 283 g/mol. The van der Waals surface area contributed by atoms with Crippen molar-refractivity contribution in [3.63, 3.8) is 0 Å². The van der Waals surface area contributed by atoms with E-state index in [9.17, 15) is 8.78 Å². The molecule has 100 valence electrons. The Labute approximate surface area is 114 Å². The Hall–Kier alpha value is -1.75. The third-order valence-corrected chi connectivity index (χ3v) is 3.03. The van der Waals surface area contributed by atoms with Crippen molar-refractivity contribution in [3.05, 3.63) is 52.4 Å². The van der Waals surface area contributed by atoms with Crippen LogP contribution in [-0.4, -0.2) is 16.5 Å². The van der Waals surface area contributed by atoms with Gasteiger partial charge in [-0.3, -0.25) is 0 Å². The largest absolute Gasteiger partial charge is 0.369 e. The van der Waals surface area contributed by atoms with E-state index in [0.29, 0.717) is 29.5 Å². The molecule has 0 unspecified atom stereocenters. The van der Waals surface area contributed by atoms with E-state index in [1.54, 1.807) is 6.92 Å². The summed E-state index contributed by atoms with van der Waals surface area (Å²) in [5.74, 6) is -0.524. The van der Waals surface area contributed by atoms with Gasteiger partial charge in [-0.15, -0.1) is 0 Å². The van der Waals surface area contributed by atoms with Gasteiger partial charge in [0.15, 0.2) is 0 Å². The molecule has 0 radical (unpaired) electrons. The molecule has 6 heteroatoms. The zero-order valence-corrected chi connectivity index (χ0v) is 11.0. The molecule has 0 fully saturated rings.